The van der Waals surface area contributed by atoms with Gasteiger partial charge in [-0.15, -0.1) is 0 Å². The van der Waals surface area contributed by atoms with Crippen molar-refractivity contribution in [3.8, 4) is 0 Å². The van der Waals surface area contributed by atoms with Gasteiger partial charge in [-0.3, -0.25) is 0 Å². The fourth-order valence-corrected chi connectivity index (χ4v) is 0. The Kier molecular flexibility index (Phi) is 11.3. The van der Waals surface area contributed by atoms with Gasteiger partial charge in [-0.25, -0.2) is 0 Å². The van der Waals surface area contributed by atoms with Gasteiger partial charge in [0.05, 0.1) is 0 Å². The lowest BCUT2D eigenvalue weighted by molar-refractivity contribution is 0.278. The van der Waals surface area contributed by atoms with Gasteiger partial charge in [0.15, 0.2) is 4.30 Å². The Morgan fingerprint density at radius 1 is 1.00 bits per heavy atom. The Morgan fingerprint density at radius 3 is 1.00 bits per heavy atom. The van der Waals surface area contributed by atoms with E-state index in [0.29, 0.717) is 0 Å². The third kappa shape index (κ3) is 347. The highest BCUT2D eigenvalue weighted by Gasteiger charge is 1.92. The molecule has 0 fully saturated rings. The summed E-state index contributed by atoms with van der Waals surface area (Å²) in [6, 6.07) is 0. The minimum Gasteiger partial charge on any atom is -0.402 e. The lowest BCUT2D eigenvalue weighted by atomic mass is 10.3. The van der Waals surface area contributed by atoms with E-state index in [2.05, 4.69) is 0 Å². The molecule has 0 aromatic rings. The second-order valence-electron chi connectivity index (χ2n) is 0.594. The van der Waals surface area contributed by atoms with Crippen LogP contribution in [0.3, 0.4) is 0 Å². The molecule has 0 bridgehead atoms. The molecule has 0 heterocycles. The van der Waals surface area contributed by atoms with Gasteiger partial charge in [0.2, 0.25) is 0 Å². The molecule has 0 radical (unpaired) electrons. The molecular weight excluding hydrogens is 177 g/mol. The third-order valence-corrected chi connectivity index (χ3v) is 0. The van der Waals surface area contributed by atoms with Gasteiger partial charge in [0, 0.05) is 0 Å². The first-order valence-electron chi connectivity index (χ1n) is 1.43. The minimum absolute atomic E-state index is 0.750. The quantitative estimate of drug-likeness (QED) is 0.362. The van der Waals surface area contributed by atoms with Gasteiger partial charge in [0.1, 0.15) is 0 Å². The predicted molar refractivity (Wildman–Crippen MR) is 33.8 cm³/mol. The van der Waals surface area contributed by atoms with Crippen molar-refractivity contribution in [3.05, 3.63) is 0 Å². The molecule has 0 unspecified atom stereocenters. The van der Waals surface area contributed by atoms with Crippen molar-refractivity contribution in [1.29, 1.82) is 0 Å². The fraction of sp³-hybridized carbons (Fsp3) is 1.00. The first-order valence-corrected chi connectivity index (χ1v) is 2.74. The second-order valence-corrected chi connectivity index (χ2v) is 2.57. The molecule has 7 heteroatoms. The van der Waals surface area contributed by atoms with E-state index in [4.69, 9.17) is 49.9 Å². The van der Waals surface area contributed by atoms with E-state index >= 15 is 0 Å². The molecule has 0 saturated carbocycles. The molecule has 8 heavy (non-hydrogen) atoms. The monoisotopic (exact) mass is 180 g/mol. The number of hydrogen-bond donors (Lipinski definition) is 3. The summed E-state index contributed by atoms with van der Waals surface area (Å²) in [4.78, 5) is 0. The summed E-state index contributed by atoms with van der Waals surface area (Å²) in [5.41, 5.74) is 0. The molecule has 0 aromatic carbocycles. The Hall–Kier alpha value is 0.815. The first kappa shape index (κ1) is 11.6. The molecule has 50 valence electrons. The van der Waals surface area contributed by atoms with Crippen LogP contribution in [0.25, 0.3) is 0 Å². The van der Waals surface area contributed by atoms with Crippen LogP contribution < -0.4 is 0 Å². The highest BCUT2D eigenvalue weighted by molar-refractivity contribution is 6.63. The topological polar surface area (TPSA) is 60.7 Å². The summed E-state index contributed by atoms with van der Waals surface area (Å²) in [5.74, 6) is 0. The summed E-state index contributed by atoms with van der Waals surface area (Å²) in [6.45, 7) is 0. The standard InChI is InChI=1S/CHCl3.BH3O3/c2*2-1(3)4/h1H;2-4H. The zero-order valence-corrected chi connectivity index (χ0v) is 5.90. The van der Waals surface area contributed by atoms with Crippen LogP contribution in [0.5, 0.6) is 0 Å². The molecule has 0 aromatic heterocycles. The molecule has 0 aliphatic carbocycles. The molecule has 0 aliphatic heterocycles. The number of rotatable bonds is 0. The van der Waals surface area contributed by atoms with Crippen LogP contribution in [-0.2, 0) is 0 Å². The number of hydrogen-bond acceptors (Lipinski definition) is 3. The lowest BCUT2D eigenvalue weighted by Gasteiger charge is -1.69. The maximum absolute atomic E-state index is 7.17. The maximum atomic E-state index is 7.17. The van der Waals surface area contributed by atoms with Gasteiger partial charge in [0.25, 0.3) is 0 Å². The van der Waals surface area contributed by atoms with Gasteiger partial charge in [-0.05, 0) is 0 Å². The van der Waals surface area contributed by atoms with Crippen molar-refractivity contribution in [1.82, 2.24) is 0 Å². The zero-order valence-electron chi connectivity index (χ0n) is 3.63. The Morgan fingerprint density at radius 2 is 1.00 bits per heavy atom. The minimum atomic E-state index is -2.17. The van der Waals surface area contributed by atoms with Crippen LogP contribution in [0.15, 0.2) is 0 Å². The molecule has 0 saturated heterocycles. The maximum Gasteiger partial charge on any atom is 0.631 e. The average Bonchev–Trinajstić information content (AvgIpc) is 1.25. The van der Waals surface area contributed by atoms with Crippen molar-refractivity contribution < 1.29 is 15.1 Å². The van der Waals surface area contributed by atoms with E-state index < -0.39 is 11.6 Å². The van der Waals surface area contributed by atoms with Crippen LogP contribution >= 0.6 is 34.8 Å². The van der Waals surface area contributed by atoms with Gasteiger partial charge in [-0.1, -0.05) is 34.8 Å². The van der Waals surface area contributed by atoms with Gasteiger partial charge < -0.3 is 15.1 Å². The largest absolute Gasteiger partial charge is 0.631 e. The molecular formula is CH4BCl3O3. The molecule has 0 rings (SSSR count). The summed E-state index contributed by atoms with van der Waals surface area (Å²) >= 11 is 14.4. The molecule has 0 aliphatic rings. The van der Waals surface area contributed by atoms with Gasteiger partial charge >= 0.3 is 7.32 Å². The number of alkyl halides is 3. The van der Waals surface area contributed by atoms with Crippen LogP contribution in [0, 0.1) is 0 Å². The highest BCUT2D eigenvalue weighted by atomic mass is 35.6. The van der Waals surface area contributed by atoms with Crippen molar-refractivity contribution in [3.63, 3.8) is 0 Å². The predicted octanol–water partition coefficient (Wildman–Crippen LogP) is -0.0654. The average molecular weight is 181 g/mol. The van der Waals surface area contributed by atoms with Crippen molar-refractivity contribution in [2.75, 3.05) is 0 Å². The van der Waals surface area contributed by atoms with Crippen molar-refractivity contribution >= 4 is 42.1 Å². The summed E-state index contributed by atoms with van der Waals surface area (Å²) in [7, 11) is -2.17. The van der Waals surface area contributed by atoms with E-state index in [9.17, 15) is 0 Å². The second kappa shape index (κ2) is 7.81. The zero-order chi connectivity index (χ0) is 7.15. The lowest BCUT2D eigenvalue weighted by Crippen LogP contribution is -2.07. The molecule has 0 spiro atoms. The van der Waals surface area contributed by atoms with Crippen molar-refractivity contribution in [2.24, 2.45) is 0 Å². The Labute approximate surface area is 62.0 Å². The SMILES string of the molecule is ClC(Cl)Cl.OB(O)O. The van der Waals surface area contributed by atoms with Gasteiger partial charge in [-0.2, -0.15) is 0 Å². The van der Waals surface area contributed by atoms with E-state index in [1.165, 1.54) is 0 Å². The van der Waals surface area contributed by atoms with E-state index in [1.807, 2.05) is 0 Å². The van der Waals surface area contributed by atoms with Crippen LogP contribution in [-0.4, -0.2) is 26.7 Å². The molecule has 3 N–H and O–H groups in total. The third-order valence-electron chi connectivity index (χ3n) is 0. The van der Waals surface area contributed by atoms with Crippen molar-refractivity contribution in [2.45, 2.75) is 4.30 Å². The summed E-state index contributed by atoms with van der Waals surface area (Å²) in [6.07, 6.45) is 0. The summed E-state index contributed by atoms with van der Waals surface area (Å²) < 4.78 is -0.750. The summed E-state index contributed by atoms with van der Waals surface area (Å²) in [5, 5.41) is 21.5. The van der Waals surface area contributed by atoms with E-state index in [1.54, 1.807) is 0 Å². The molecule has 0 atom stereocenters. The highest BCUT2D eigenvalue weighted by Crippen LogP contribution is 2.03. The van der Waals surface area contributed by atoms with E-state index in [-0.39, 0.29) is 0 Å². The van der Waals surface area contributed by atoms with E-state index in [0.717, 1.165) is 0 Å². The number of halogens is 3. The van der Waals surface area contributed by atoms with Crippen LogP contribution in [0.4, 0.5) is 0 Å². The fourth-order valence-electron chi connectivity index (χ4n) is 0. The first-order chi connectivity index (χ1) is 3.46. The smallest absolute Gasteiger partial charge is 0.402 e. The van der Waals surface area contributed by atoms with Crippen LogP contribution in [0.2, 0.25) is 0 Å². The normalized spacial score (nSPS) is 7.88. The molecule has 3 nitrogen and oxygen atoms in total. The van der Waals surface area contributed by atoms with Crippen LogP contribution in [0.1, 0.15) is 0 Å². The molecule has 0 amide bonds. The Balaban J connectivity index is 0. The Bertz CT molecular complexity index is 30.0.